The van der Waals surface area contributed by atoms with Crippen molar-refractivity contribution >= 4 is 7.60 Å². The molecule has 0 aliphatic heterocycles. The smallest absolute Gasteiger partial charge is 0.312 e. The first-order chi connectivity index (χ1) is 7.31. The standard InChI is InChI=1S/C10H21F2O3P/c1-5-6-9(2)10(11,12)7-8-16(13,14-3)15-4/h9H,5-8H2,1-4H3/t9-/m1/s1. The van der Waals surface area contributed by atoms with Crippen molar-refractivity contribution in [2.75, 3.05) is 20.4 Å². The van der Waals surface area contributed by atoms with E-state index in [1.54, 1.807) is 0 Å². The summed E-state index contributed by atoms with van der Waals surface area (Å²) in [6.07, 6.45) is 0.453. The second-order valence-corrected chi connectivity index (χ2v) is 6.30. The number of hydrogen-bond acceptors (Lipinski definition) is 3. The lowest BCUT2D eigenvalue weighted by molar-refractivity contribution is -0.0576. The van der Waals surface area contributed by atoms with E-state index in [1.165, 1.54) is 21.1 Å². The van der Waals surface area contributed by atoms with E-state index in [1.807, 2.05) is 6.92 Å². The van der Waals surface area contributed by atoms with Crippen molar-refractivity contribution in [1.82, 2.24) is 0 Å². The number of hydrogen-bond donors (Lipinski definition) is 0. The fraction of sp³-hybridized carbons (Fsp3) is 1.00. The average molecular weight is 258 g/mol. The molecule has 0 bridgehead atoms. The third-order valence-electron chi connectivity index (χ3n) is 2.72. The molecular formula is C10H21F2O3P. The summed E-state index contributed by atoms with van der Waals surface area (Å²) < 4.78 is 48.0. The molecule has 0 aliphatic carbocycles. The predicted octanol–water partition coefficient (Wildman–Crippen LogP) is 3.93. The molecule has 6 heteroatoms. The van der Waals surface area contributed by atoms with Crippen LogP contribution in [-0.2, 0) is 13.6 Å². The van der Waals surface area contributed by atoms with Crippen LogP contribution in [0.5, 0.6) is 0 Å². The van der Waals surface area contributed by atoms with E-state index in [2.05, 4.69) is 9.05 Å². The largest absolute Gasteiger partial charge is 0.330 e. The van der Waals surface area contributed by atoms with Crippen molar-refractivity contribution in [2.24, 2.45) is 5.92 Å². The zero-order chi connectivity index (χ0) is 12.8. The molecule has 0 radical (unpaired) electrons. The molecule has 0 rings (SSSR count). The van der Waals surface area contributed by atoms with E-state index in [0.717, 1.165) is 0 Å². The maximum atomic E-state index is 13.6. The minimum atomic E-state index is -3.32. The van der Waals surface area contributed by atoms with Gasteiger partial charge in [0.1, 0.15) is 0 Å². The monoisotopic (exact) mass is 258 g/mol. The van der Waals surface area contributed by atoms with Gasteiger partial charge in [0.2, 0.25) is 0 Å². The molecule has 0 aliphatic rings. The molecule has 16 heavy (non-hydrogen) atoms. The quantitative estimate of drug-likeness (QED) is 0.619. The highest BCUT2D eigenvalue weighted by molar-refractivity contribution is 7.53. The van der Waals surface area contributed by atoms with Gasteiger partial charge in [0, 0.05) is 26.6 Å². The van der Waals surface area contributed by atoms with Crippen LogP contribution in [-0.4, -0.2) is 26.3 Å². The fourth-order valence-electron chi connectivity index (χ4n) is 1.43. The topological polar surface area (TPSA) is 35.5 Å². The van der Waals surface area contributed by atoms with Gasteiger partial charge in [0.25, 0.3) is 5.92 Å². The first-order valence-corrected chi connectivity index (χ1v) is 7.12. The van der Waals surface area contributed by atoms with E-state index in [0.29, 0.717) is 12.8 Å². The van der Waals surface area contributed by atoms with Gasteiger partial charge >= 0.3 is 7.60 Å². The molecule has 0 saturated carbocycles. The summed E-state index contributed by atoms with van der Waals surface area (Å²) in [5.74, 6) is -3.53. The third kappa shape index (κ3) is 4.89. The van der Waals surface area contributed by atoms with Crippen molar-refractivity contribution < 1.29 is 22.4 Å². The van der Waals surface area contributed by atoms with Gasteiger partial charge in [-0.2, -0.15) is 0 Å². The molecule has 0 unspecified atom stereocenters. The first-order valence-electron chi connectivity index (χ1n) is 5.39. The van der Waals surface area contributed by atoms with Gasteiger partial charge in [-0.15, -0.1) is 0 Å². The van der Waals surface area contributed by atoms with Crippen LogP contribution >= 0.6 is 7.60 Å². The van der Waals surface area contributed by atoms with Crippen molar-refractivity contribution in [3.05, 3.63) is 0 Å². The molecule has 0 N–H and O–H groups in total. The normalized spacial score (nSPS) is 15.1. The summed E-state index contributed by atoms with van der Waals surface area (Å²) in [5, 5.41) is 0. The molecule has 0 aromatic carbocycles. The molecule has 0 aromatic rings. The van der Waals surface area contributed by atoms with Gasteiger partial charge in [-0.1, -0.05) is 20.3 Å². The molecular weight excluding hydrogens is 237 g/mol. The first kappa shape index (κ1) is 16.0. The molecule has 0 aromatic heterocycles. The Morgan fingerprint density at radius 2 is 1.81 bits per heavy atom. The zero-order valence-electron chi connectivity index (χ0n) is 10.3. The minimum Gasteiger partial charge on any atom is -0.312 e. The molecule has 0 saturated heterocycles. The summed E-state index contributed by atoms with van der Waals surface area (Å²) >= 11 is 0. The molecule has 98 valence electrons. The van der Waals surface area contributed by atoms with Gasteiger partial charge in [0.05, 0.1) is 6.16 Å². The van der Waals surface area contributed by atoms with Crippen LogP contribution in [0.4, 0.5) is 8.78 Å². The Kier molecular flexibility index (Phi) is 6.68. The van der Waals surface area contributed by atoms with Crippen LogP contribution in [0, 0.1) is 5.92 Å². The summed E-state index contributed by atoms with van der Waals surface area (Å²) in [5.41, 5.74) is 0. The Hall–Kier alpha value is 0.01000. The van der Waals surface area contributed by atoms with Crippen LogP contribution in [0.1, 0.15) is 33.1 Å². The lowest BCUT2D eigenvalue weighted by Crippen LogP contribution is -2.27. The van der Waals surface area contributed by atoms with Crippen LogP contribution in [0.25, 0.3) is 0 Å². The molecule has 0 spiro atoms. The lowest BCUT2D eigenvalue weighted by atomic mass is 9.96. The van der Waals surface area contributed by atoms with Crippen LogP contribution < -0.4 is 0 Å². The summed E-state index contributed by atoms with van der Waals surface area (Å²) in [6.45, 7) is 3.37. The Morgan fingerprint density at radius 1 is 1.31 bits per heavy atom. The molecule has 0 amide bonds. The molecule has 0 heterocycles. The second-order valence-electron chi connectivity index (χ2n) is 3.90. The van der Waals surface area contributed by atoms with Gasteiger partial charge in [-0.25, -0.2) is 8.78 Å². The van der Waals surface area contributed by atoms with Gasteiger partial charge in [0.15, 0.2) is 0 Å². The highest BCUT2D eigenvalue weighted by Gasteiger charge is 2.38. The molecule has 1 atom stereocenters. The zero-order valence-corrected chi connectivity index (χ0v) is 11.2. The third-order valence-corrected chi connectivity index (χ3v) is 4.60. The van der Waals surface area contributed by atoms with Gasteiger partial charge < -0.3 is 9.05 Å². The SMILES string of the molecule is CCC[C@@H](C)C(F)(F)CCP(=O)(OC)OC. The van der Waals surface area contributed by atoms with E-state index in [4.69, 9.17) is 0 Å². The van der Waals surface area contributed by atoms with Crippen LogP contribution in [0.2, 0.25) is 0 Å². The Balaban J connectivity index is 4.32. The predicted molar refractivity (Wildman–Crippen MR) is 60.1 cm³/mol. The second kappa shape index (κ2) is 6.67. The number of rotatable bonds is 8. The lowest BCUT2D eigenvalue weighted by Gasteiger charge is -2.24. The van der Waals surface area contributed by atoms with E-state index in [9.17, 15) is 13.3 Å². The van der Waals surface area contributed by atoms with Crippen molar-refractivity contribution in [1.29, 1.82) is 0 Å². The maximum Gasteiger partial charge on any atom is 0.330 e. The Morgan fingerprint density at radius 3 is 2.19 bits per heavy atom. The average Bonchev–Trinajstić information content (AvgIpc) is 2.26. The van der Waals surface area contributed by atoms with E-state index >= 15 is 0 Å². The fourth-order valence-corrected chi connectivity index (χ4v) is 2.52. The highest BCUT2D eigenvalue weighted by atomic mass is 31.2. The van der Waals surface area contributed by atoms with Gasteiger partial charge in [-0.3, -0.25) is 4.57 Å². The van der Waals surface area contributed by atoms with Crippen molar-refractivity contribution in [3.8, 4) is 0 Å². The maximum absolute atomic E-state index is 13.6. The minimum absolute atomic E-state index is 0.249. The van der Waals surface area contributed by atoms with Crippen molar-refractivity contribution in [3.63, 3.8) is 0 Å². The summed E-state index contributed by atoms with van der Waals surface area (Å²) in [4.78, 5) is 0. The van der Waals surface area contributed by atoms with E-state index in [-0.39, 0.29) is 6.16 Å². The molecule has 0 fully saturated rings. The summed E-state index contributed by atoms with van der Waals surface area (Å²) in [6, 6.07) is 0. The Labute approximate surface area is 96.0 Å². The van der Waals surface area contributed by atoms with Crippen LogP contribution in [0.15, 0.2) is 0 Å². The Bertz CT molecular complexity index is 238. The molecule has 3 nitrogen and oxygen atoms in total. The summed E-state index contributed by atoms with van der Waals surface area (Å²) in [7, 11) is -0.904. The van der Waals surface area contributed by atoms with Crippen LogP contribution in [0.3, 0.4) is 0 Å². The number of halogens is 2. The highest BCUT2D eigenvalue weighted by Crippen LogP contribution is 2.49. The van der Waals surface area contributed by atoms with E-state index < -0.39 is 25.9 Å². The van der Waals surface area contributed by atoms with Gasteiger partial charge in [-0.05, 0) is 6.42 Å². The number of alkyl halides is 2. The van der Waals surface area contributed by atoms with Crippen molar-refractivity contribution in [2.45, 2.75) is 39.0 Å².